The first-order valence-electron chi connectivity index (χ1n) is 7.41. The van der Waals surface area contributed by atoms with E-state index in [1.165, 1.54) is 0 Å². The number of ether oxygens (including phenoxy) is 2. The molecule has 4 nitrogen and oxygen atoms in total. The van der Waals surface area contributed by atoms with Gasteiger partial charge in [-0.15, -0.1) is 0 Å². The fourth-order valence-corrected chi connectivity index (χ4v) is 2.57. The Kier molecular flexibility index (Phi) is 4.51. The number of carbonyl (C=O) groups is 1. The molecule has 0 amide bonds. The fourth-order valence-electron chi connectivity index (χ4n) is 2.57. The van der Waals surface area contributed by atoms with Crippen molar-refractivity contribution in [2.75, 3.05) is 13.2 Å². The zero-order valence-corrected chi connectivity index (χ0v) is 12.3. The van der Waals surface area contributed by atoms with E-state index in [0.29, 0.717) is 26.2 Å². The molecule has 0 saturated carbocycles. The summed E-state index contributed by atoms with van der Waals surface area (Å²) in [5.41, 5.74) is 1.24. The van der Waals surface area contributed by atoms with Crippen LogP contribution in [0.15, 0.2) is 54.6 Å². The Bertz CT molecular complexity index is 621. The molecule has 3 rings (SSSR count). The first-order valence-corrected chi connectivity index (χ1v) is 7.41. The summed E-state index contributed by atoms with van der Waals surface area (Å²) >= 11 is 0. The highest BCUT2D eigenvalue weighted by molar-refractivity contribution is 5.63. The number of rotatable bonds is 6. The van der Waals surface area contributed by atoms with E-state index < -0.39 is 5.72 Å². The van der Waals surface area contributed by atoms with Gasteiger partial charge in [-0.3, -0.25) is 10.1 Å². The van der Waals surface area contributed by atoms with Gasteiger partial charge >= 0.3 is 0 Å². The Morgan fingerprint density at radius 3 is 2.68 bits per heavy atom. The topological polar surface area (TPSA) is 47.6 Å². The monoisotopic (exact) mass is 297 g/mol. The number of carbonyl (C=O) groups excluding carboxylic acids is 1. The van der Waals surface area contributed by atoms with Crippen LogP contribution in [0.2, 0.25) is 0 Å². The van der Waals surface area contributed by atoms with Crippen LogP contribution in [0.25, 0.3) is 0 Å². The first-order chi connectivity index (χ1) is 10.8. The van der Waals surface area contributed by atoms with Crippen LogP contribution in [-0.4, -0.2) is 25.2 Å². The van der Waals surface area contributed by atoms with Crippen molar-refractivity contribution in [3.8, 4) is 5.75 Å². The summed E-state index contributed by atoms with van der Waals surface area (Å²) in [7, 11) is 0. The molecular weight excluding hydrogens is 278 g/mol. The van der Waals surface area contributed by atoms with Gasteiger partial charge in [-0.25, -0.2) is 0 Å². The first kappa shape index (κ1) is 14.8. The highest BCUT2D eigenvalue weighted by atomic mass is 16.5. The van der Waals surface area contributed by atoms with E-state index in [0.717, 1.165) is 23.2 Å². The molecule has 0 radical (unpaired) electrons. The van der Waals surface area contributed by atoms with E-state index in [-0.39, 0.29) is 0 Å². The normalized spacial score (nSPS) is 20.7. The van der Waals surface area contributed by atoms with Gasteiger partial charge < -0.3 is 9.47 Å². The summed E-state index contributed by atoms with van der Waals surface area (Å²) in [5.74, 6) is 0.792. The second-order valence-corrected chi connectivity index (χ2v) is 5.38. The number of nitrogens with one attached hydrogen (secondary N) is 1. The second-order valence-electron chi connectivity index (χ2n) is 5.38. The maximum atomic E-state index is 11.3. The molecule has 0 spiro atoms. The molecule has 1 aliphatic rings. The van der Waals surface area contributed by atoms with Gasteiger partial charge in [0.05, 0.1) is 6.61 Å². The molecule has 1 unspecified atom stereocenters. The summed E-state index contributed by atoms with van der Waals surface area (Å²) in [4.78, 5) is 11.3. The van der Waals surface area contributed by atoms with Crippen molar-refractivity contribution >= 4 is 6.29 Å². The van der Waals surface area contributed by atoms with Crippen LogP contribution < -0.4 is 10.1 Å². The quantitative estimate of drug-likeness (QED) is 0.831. The van der Waals surface area contributed by atoms with Gasteiger partial charge in [0.15, 0.2) is 12.0 Å². The molecule has 1 aliphatic heterocycles. The molecule has 2 aromatic carbocycles. The Labute approximate surface area is 130 Å². The van der Waals surface area contributed by atoms with Gasteiger partial charge in [0.1, 0.15) is 12.4 Å². The number of benzene rings is 2. The average molecular weight is 297 g/mol. The van der Waals surface area contributed by atoms with Crippen LogP contribution >= 0.6 is 0 Å². The van der Waals surface area contributed by atoms with Crippen LogP contribution in [0.3, 0.4) is 0 Å². The lowest BCUT2D eigenvalue weighted by atomic mass is 10.0. The van der Waals surface area contributed by atoms with Crippen molar-refractivity contribution in [1.82, 2.24) is 5.32 Å². The SMILES string of the molecule is O=CC1(Cc2cccc(OCc3ccccc3)c2)NCCO1. The van der Waals surface area contributed by atoms with Crippen molar-refractivity contribution < 1.29 is 14.3 Å². The Morgan fingerprint density at radius 1 is 1.14 bits per heavy atom. The third-order valence-corrected chi connectivity index (χ3v) is 3.69. The number of hydrogen-bond donors (Lipinski definition) is 1. The number of aldehydes is 1. The van der Waals surface area contributed by atoms with E-state index in [1.54, 1.807) is 0 Å². The van der Waals surface area contributed by atoms with Crippen LogP contribution in [0.1, 0.15) is 11.1 Å². The minimum atomic E-state index is -0.891. The van der Waals surface area contributed by atoms with Gasteiger partial charge in [-0.05, 0) is 23.3 Å². The molecule has 0 bridgehead atoms. The highest BCUT2D eigenvalue weighted by Crippen LogP contribution is 2.21. The fraction of sp³-hybridized carbons (Fsp3) is 0.278. The summed E-state index contributed by atoms with van der Waals surface area (Å²) in [6.07, 6.45) is 1.34. The molecular formula is C18H19NO3. The Morgan fingerprint density at radius 2 is 1.95 bits per heavy atom. The lowest BCUT2D eigenvalue weighted by Crippen LogP contribution is -2.44. The van der Waals surface area contributed by atoms with Crippen LogP contribution in [0.5, 0.6) is 5.75 Å². The predicted molar refractivity (Wildman–Crippen MR) is 83.7 cm³/mol. The van der Waals surface area contributed by atoms with E-state index in [4.69, 9.17) is 9.47 Å². The van der Waals surface area contributed by atoms with Crippen molar-refractivity contribution in [2.24, 2.45) is 0 Å². The smallest absolute Gasteiger partial charge is 0.179 e. The zero-order chi connectivity index (χ0) is 15.3. The van der Waals surface area contributed by atoms with Crippen LogP contribution in [-0.2, 0) is 22.6 Å². The van der Waals surface area contributed by atoms with E-state index in [1.807, 2.05) is 54.6 Å². The van der Waals surface area contributed by atoms with Crippen molar-refractivity contribution in [3.05, 3.63) is 65.7 Å². The summed E-state index contributed by atoms with van der Waals surface area (Å²) in [6.45, 7) is 1.78. The Hall–Kier alpha value is -2.17. The maximum absolute atomic E-state index is 11.3. The maximum Gasteiger partial charge on any atom is 0.179 e. The second kappa shape index (κ2) is 6.73. The zero-order valence-electron chi connectivity index (χ0n) is 12.3. The summed E-state index contributed by atoms with van der Waals surface area (Å²) < 4.78 is 11.4. The standard InChI is InChI=1S/C18H19NO3/c20-14-18(19-9-10-22-18)12-16-7-4-8-17(11-16)21-13-15-5-2-1-3-6-15/h1-8,11,14,19H,9-10,12-13H2. The van der Waals surface area contributed by atoms with Crippen molar-refractivity contribution in [3.63, 3.8) is 0 Å². The summed E-state index contributed by atoms with van der Waals surface area (Å²) in [6, 6.07) is 17.8. The molecule has 1 atom stereocenters. The molecule has 2 aromatic rings. The Balaban J connectivity index is 1.66. The molecule has 22 heavy (non-hydrogen) atoms. The number of hydrogen-bond acceptors (Lipinski definition) is 4. The minimum Gasteiger partial charge on any atom is -0.489 e. The molecule has 1 N–H and O–H groups in total. The third-order valence-electron chi connectivity index (χ3n) is 3.69. The lowest BCUT2D eigenvalue weighted by molar-refractivity contribution is -0.127. The van der Waals surface area contributed by atoms with E-state index in [9.17, 15) is 4.79 Å². The third kappa shape index (κ3) is 3.53. The molecule has 0 aromatic heterocycles. The lowest BCUT2D eigenvalue weighted by Gasteiger charge is -2.22. The van der Waals surface area contributed by atoms with Gasteiger partial charge in [0.2, 0.25) is 0 Å². The van der Waals surface area contributed by atoms with Crippen molar-refractivity contribution in [2.45, 2.75) is 18.8 Å². The van der Waals surface area contributed by atoms with E-state index >= 15 is 0 Å². The molecule has 1 saturated heterocycles. The highest BCUT2D eigenvalue weighted by Gasteiger charge is 2.34. The van der Waals surface area contributed by atoms with Gasteiger partial charge in [0.25, 0.3) is 0 Å². The van der Waals surface area contributed by atoms with Gasteiger partial charge in [-0.2, -0.15) is 0 Å². The molecule has 1 heterocycles. The van der Waals surface area contributed by atoms with E-state index in [2.05, 4.69) is 5.32 Å². The largest absolute Gasteiger partial charge is 0.489 e. The molecule has 0 aliphatic carbocycles. The average Bonchev–Trinajstić information content (AvgIpc) is 3.03. The van der Waals surface area contributed by atoms with Crippen molar-refractivity contribution in [1.29, 1.82) is 0 Å². The summed E-state index contributed by atoms with van der Waals surface area (Å²) in [5, 5.41) is 3.11. The van der Waals surface area contributed by atoms with Crippen LogP contribution in [0, 0.1) is 0 Å². The molecule has 114 valence electrons. The minimum absolute atomic E-state index is 0.499. The predicted octanol–water partition coefficient (Wildman–Crippen LogP) is 2.32. The molecule has 1 fully saturated rings. The van der Waals surface area contributed by atoms with Crippen LogP contribution in [0.4, 0.5) is 0 Å². The van der Waals surface area contributed by atoms with Gasteiger partial charge in [-0.1, -0.05) is 42.5 Å². The molecule has 4 heteroatoms. The van der Waals surface area contributed by atoms with Gasteiger partial charge in [0, 0.05) is 13.0 Å².